The Labute approximate surface area is 219 Å². The molecule has 0 spiro atoms. The molecular formula is C28H35N5O3S. The van der Waals surface area contributed by atoms with E-state index >= 15 is 0 Å². The van der Waals surface area contributed by atoms with Crippen molar-refractivity contribution >= 4 is 33.1 Å². The van der Waals surface area contributed by atoms with Gasteiger partial charge in [-0.3, -0.25) is 9.52 Å². The number of nitrogens with one attached hydrogen (secondary N) is 1. The Balaban J connectivity index is 1.34. The lowest BCUT2D eigenvalue weighted by atomic mass is 9.94. The van der Waals surface area contributed by atoms with Gasteiger partial charge < -0.3 is 15.5 Å². The third-order valence-electron chi connectivity index (χ3n) is 8.19. The van der Waals surface area contributed by atoms with E-state index in [0.717, 1.165) is 78.9 Å². The predicted molar refractivity (Wildman–Crippen MR) is 147 cm³/mol. The van der Waals surface area contributed by atoms with Crippen LogP contribution in [-0.4, -0.2) is 49.9 Å². The highest BCUT2D eigenvalue weighted by Crippen LogP contribution is 2.48. The van der Waals surface area contributed by atoms with Crippen molar-refractivity contribution in [3.05, 3.63) is 47.5 Å². The van der Waals surface area contributed by atoms with Crippen LogP contribution in [0.1, 0.15) is 55.7 Å². The third kappa shape index (κ3) is 4.81. The van der Waals surface area contributed by atoms with E-state index in [0.29, 0.717) is 29.1 Å². The van der Waals surface area contributed by atoms with Gasteiger partial charge in [0.2, 0.25) is 5.91 Å². The first-order valence-electron chi connectivity index (χ1n) is 13.4. The molecule has 1 unspecified atom stereocenters. The topological polar surface area (TPSA) is 109 Å². The normalized spacial score (nSPS) is 22.1. The van der Waals surface area contributed by atoms with Crippen molar-refractivity contribution in [3.8, 4) is 11.1 Å². The molecule has 0 bridgehead atoms. The van der Waals surface area contributed by atoms with Crippen molar-refractivity contribution in [3.63, 3.8) is 0 Å². The number of pyridine rings is 1. The van der Waals surface area contributed by atoms with Crippen molar-refractivity contribution in [1.29, 1.82) is 0 Å². The summed E-state index contributed by atoms with van der Waals surface area (Å²) in [4.78, 5) is 22.6. The zero-order chi connectivity index (χ0) is 25.9. The Hall–Kier alpha value is -3.07. The summed E-state index contributed by atoms with van der Waals surface area (Å²) in [6.07, 6.45) is 6.61. The molecule has 0 radical (unpaired) electrons. The molecular weight excluding hydrogens is 486 g/mol. The van der Waals surface area contributed by atoms with Gasteiger partial charge in [0.05, 0.1) is 17.4 Å². The van der Waals surface area contributed by atoms with Gasteiger partial charge in [-0.05, 0) is 74.6 Å². The first kappa shape index (κ1) is 24.3. The van der Waals surface area contributed by atoms with Crippen molar-refractivity contribution in [2.75, 3.05) is 35.0 Å². The minimum atomic E-state index is -3.61. The summed E-state index contributed by atoms with van der Waals surface area (Å²) in [5, 5.41) is 0.905. The van der Waals surface area contributed by atoms with E-state index in [-0.39, 0.29) is 12.0 Å². The van der Waals surface area contributed by atoms with Crippen LogP contribution in [-0.2, 0) is 14.8 Å². The number of aromatic nitrogens is 1. The molecule has 3 N–H and O–H groups in total. The summed E-state index contributed by atoms with van der Waals surface area (Å²) in [5.41, 5.74) is 11.8. The minimum absolute atomic E-state index is 0.238. The highest BCUT2D eigenvalue weighted by atomic mass is 32.2. The third-order valence-corrected chi connectivity index (χ3v) is 9.15. The standard InChI is InChI=1S/C28H35N5O3S/c1-3-37(35,36)31-22-6-4-5-21(15-22)24-17(2)25(29)27(30-26(24)19-9-10-19)32-13-14-33(28(34)20-11-12-20)23(16-32)18-7-8-18/h3-6,15,18-20,23,31H,1,7-14,16,29H2,2H3. The second-order valence-electron chi connectivity index (χ2n) is 11.1. The SMILES string of the molecule is C=CS(=O)(=O)Nc1cccc(-c2c(C3CC3)nc(N3CCN(C(=O)C4CC4)C(C4CC4)C3)c(N)c2C)c1. The summed E-state index contributed by atoms with van der Waals surface area (Å²) in [6.45, 7) is 7.65. The number of nitrogens with two attached hydrogens (primary N) is 1. The molecule has 1 aromatic heterocycles. The van der Waals surface area contributed by atoms with Crippen molar-refractivity contribution in [2.45, 2.75) is 57.4 Å². The summed E-state index contributed by atoms with van der Waals surface area (Å²) in [5.74, 6) is 2.37. The second-order valence-corrected chi connectivity index (χ2v) is 12.7. The Kier molecular flexibility index (Phi) is 5.93. The van der Waals surface area contributed by atoms with E-state index < -0.39 is 10.0 Å². The summed E-state index contributed by atoms with van der Waals surface area (Å²) in [7, 11) is -3.61. The van der Waals surface area contributed by atoms with Crippen LogP contribution in [0.5, 0.6) is 0 Å². The number of hydrogen-bond donors (Lipinski definition) is 2. The van der Waals surface area contributed by atoms with Gasteiger partial charge in [0.1, 0.15) is 0 Å². The molecule has 1 saturated heterocycles. The van der Waals surface area contributed by atoms with Gasteiger partial charge in [-0.25, -0.2) is 13.4 Å². The van der Waals surface area contributed by atoms with Gasteiger partial charge >= 0.3 is 0 Å². The van der Waals surface area contributed by atoms with Crippen LogP contribution < -0.4 is 15.4 Å². The van der Waals surface area contributed by atoms with Gasteiger partial charge in [0.25, 0.3) is 10.0 Å². The predicted octanol–water partition coefficient (Wildman–Crippen LogP) is 4.24. The molecule has 1 atom stereocenters. The zero-order valence-electron chi connectivity index (χ0n) is 21.3. The summed E-state index contributed by atoms with van der Waals surface area (Å²) < 4.78 is 26.6. The molecule has 9 heteroatoms. The number of hydrogen-bond acceptors (Lipinski definition) is 6. The lowest BCUT2D eigenvalue weighted by Crippen LogP contribution is -2.57. The lowest BCUT2D eigenvalue weighted by molar-refractivity contribution is -0.135. The smallest absolute Gasteiger partial charge is 0.254 e. The van der Waals surface area contributed by atoms with Gasteiger partial charge in [0, 0.05) is 48.1 Å². The maximum absolute atomic E-state index is 13.0. The second kappa shape index (κ2) is 9.04. The van der Waals surface area contributed by atoms with Gasteiger partial charge in [-0.1, -0.05) is 18.7 Å². The Morgan fingerprint density at radius 1 is 1.16 bits per heavy atom. The van der Waals surface area contributed by atoms with E-state index in [2.05, 4.69) is 21.1 Å². The molecule has 3 saturated carbocycles. The van der Waals surface area contributed by atoms with Crippen LogP contribution in [0.2, 0.25) is 0 Å². The number of rotatable bonds is 8. The van der Waals surface area contributed by atoms with E-state index in [4.69, 9.17) is 10.7 Å². The molecule has 1 aromatic carbocycles. The van der Waals surface area contributed by atoms with Crippen LogP contribution >= 0.6 is 0 Å². The van der Waals surface area contributed by atoms with E-state index in [1.54, 1.807) is 6.07 Å². The zero-order valence-corrected chi connectivity index (χ0v) is 22.1. The largest absolute Gasteiger partial charge is 0.396 e. The highest BCUT2D eigenvalue weighted by Gasteiger charge is 2.45. The maximum Gasteiger partial charge on any atom is 0.254 e. The van der Waals surface area contributed by atoms with E-state index in [1.165, 1.54) is 12.8 Å². The molecule has 2 heterocycles. The molecule has 196 valence electrons. The fourth-order valence-electron chi connectivity index (χ4n) is 5.65. The molecule has 1 aliphatic heterocycles. The first-order valence-corrected chi connectivity index (χ1v) is 14.9. The van der Waals surface area contributed by atoms with E-state index in [9.17, 15) is 13.2 Å². The lowest BCUT2D eigenvalue weighted by Gasteiger charge is -2.43. The number of piperazine rings is 1. The van der Waals surface area contributed by atoms with Crippen LogP contribution in [0.3, 0.4) is 0 Å². The maximum atomic E-state index is 13.0. The van der Waals surface area contributed by atoms with Gasteiger partial charge in [-0.2, -0.15) is 0 Å². The molecule has 3 aliphatic carbocycles. The highest BCUT2D eigenvalue weighted by molar-refractivity contribution is 7.95. The monoisotopic (exact) mass is 521 g/mol. The number of carbonyl (C=O) groups excluding carboxylic acids is 1. The number of nitrogen functional groups attached to an aromatic ring is 1. The number of amides is 1. The minimum Gasteiger partial charge on any atom is -0.396 e. The Morgan fingerprint density at radius 2 is 1.92 bits per heavy atom. The molecule has 6 rings (SSSR count). The quantitative estimate of drug-likeness (QED) is 0.538. The molecule has 4 aliphatic rings. The number of benzene rings is 1. The van der Waals surface area contributed by atoms with Crippen LogP contribution in [0.4, 0.5) is 17.2 Å². The van der Waals surface area contributed by atoms with Crippen LogP contribution in [0.15, 0.2) is 36.3 Å². The average Bonchev–Trinajstić information content (AvgIpc) is 3.72. The molecule has 8 nitrogen and oxygen atoms in total. The van der Waals surface area contributed by atoms with E-state index in [1.807, 2.05) is 25.1 Å². The summed E-state index contributed by atoms with van der Waals surface area (Å²) >= 11 is 0. The van der Waals surface area contributed by atoms with Gasteiger partial charge in [-0.15, -0.1) is 0 Å². The molecule has 1 amide bonds. The summed E-state index contributed by atoms with van der Waals surface area (Å²) in [6, 6.07) is 7.62. The van der Waals surface area contributed by atoms with Crippen molar-refractivity contribution in [1.82, 2.24) is 9.88 Å². The Morgan fingerprint density at radius 3 is 2.57 bits per heavy atom. The number of sulfonamides is 1. The fourth-order valence-corrected chi connectivity index (χ4v) is 6.19. The van der Waals surface area contributed by atoms with Crippen LogP contribution in [0.25, 0.3) is 11.1 Å². The molecule has 37 heavy (non-hydrogen) atoms. The average molecular weight is 522 g/mol. The number of carbonyl (C=O) groups is 1. The molecule has 4 fully saturated rings. The van der Waals surface area contributed by atoms with Gasteiger partial charge in [0.15, 0.2) is 5.82 Å². The number of anilines is 3. The Bertz CT molecular complexity index is 1360. The molecule has 2 aromatic rings. The van der Waals surface area contributed by atoms with Crippen LogP contribution in [0, 0.1) is 18.8 Å². The first-order chi connectivity index (χ1) is 17.8. The van der Waals surface area contributed by atoms with Crippen molar-refractivity contribution in [2.24, 2.45) is 11.8 Å². The fraction of sp³-hybridized carbons (Fsp3) is 0.500. The van der Waals surface area contributed by atoms with Crippen molar-refractivity contribution < 1.29 is 13.2 Å². The number of nitrogens with zero attached hydrogens (tertiary/aromatic N) is 3.